The predicted molar refractivity (Wildman–Crippen MR) is 133 cm³/mol. The number of nitrogens with zero attached hydrogens (tertiary/aromatic N) is 2. The summed E-state index contributed by atoms with van der Waals surface area (Å²) >= 11 is 5.73. The first-order valence-electron chi connectivity index (χ1n) is 10.7. The van der Waals surface area contributed by atoms with Crippen LogP contribution >= 0.6 is 11.6 Å². The summed E-state index contributed by atoms with van der Waals surface area (Å²) in [6, 6.07) is 12.0. The number of aromatic nitrogens is 2. The Morgan fingerprint density at radius 1 is 1.17 bits per heavy atom. The molecule has 0 atom stereocenters. The van der Waals surface area contributed by atoms with Crippen LogP contribution in [-0.2, 0) is 15.9 Å². The summed E-state index contributed by atoms with van der Waals surface area (Å²) in [5, 5.41) is 5.38. The van der Waals surface area contributed by atoms with Gasteiger partial charge in [0.15, 0.2) is 11.6 Å². The molecular formula is C24H27ClFN5O4. The molecule has 0 bridgehead atoms. The predicted octanol–water partition coefficient (Wildman–Crippen LogP) is 5.19. The number of carbonyl (C=O) groups is 1. The maximum absolute atomic E-state index is 13.9. The molecule has 0 unspecified atom stereocenters. The molecule has 3 aromatic rings. The molecule has 2 aromatic carbocycles. The lowest BCUT2D eigenvalue weighted by atomic mass is 9.97. The van der Waals surface area contributed by atoms with Crippen molar-refractivity contribution in [1.29, 1.82) is 0 Å². The summed E-state index contributed by atoms with van der Waals surface area (Å²) in [6.45, 7) is 4.44. The van der Waals surface area contributed by atoms with E-state index in [1.165, 1.54) is 0 Å². The van der Waals surface area contributed by atoms with Crippen molar-refractivity contribution in [2.24, 2.45) is 0 Å². The molecule has 9 nitrogen and oxygen atoms in total. The summed E-state index contributed by atoms with van der Waals surface area (Å²) in [4.78, 5) is 20.0. The molecule has 0 fully saturated rings. The van der Waals surface area contributed by atoms with E-state index in [0.29, 0.717) is 42.4 Å². The molecule has 35 heavy (non-hydrogen) atoms. The van der Waals surface area contributed by atoms with Gasteiger partial charge in [0.2, 0.25) is 5.28 Å². The number of methoxy groups -OCH3 is 1. The topological polar surface area (TPSA) is 121 Å². The third-order valence-corrected chi connectivity index (χ3v) is 4.92. The Bertz CT molecular complexity index is 1180. The second kappa shape index (κ2) is 11.7. The molecular weight excluding hydrogens is 477 g/mol. The van der Waals surface area contributed by atoms with Gasteiger partial charge < -0.3 is 25.3 Å². The molecule has 4 N–H and O–H groups in total. The summed E-state index contributed by atoms with van der Waals surface area (Å²) < 4.78 is 30.2. The zero-order valence-corrected chi connectivity index (χ0v) is 20.4. The van der Waals surface area contributed by atoms with Crippen LogP contribution in [0.3, 0.4) is 0 Å². The van der Waals surface area contributed by atoms with Gasteiger partial charge in [-0.3, -0.25) is 5.32 Å². The molecule has 0 aliphatic carbocycles. The van der Waals surface area contributed by atoms with Crippen LogP contribution in [0, 0.1) is 5.82 Å². The van der Waals surface area contributed by atoms with Crippen LogP contribution in [-0.4, -0.2) is 42.0 Å². The quantitative estimate of drug-likeness (QED) is 0.196. The monoisotopic (exact) mass is 503 g/mol. The van der Waals surface area contributed by atoms with Gasteiger partial charge in [0.05, 0.1) is 12.8 Å². The van der Waals surface area contributed by atoms with E-state index in [4.69, 9.17) is 31.5 Å². The van der Waals surface area contributed by atoms with Crippen molar-refractivity contribution in [2.75, 3.05) is 36.7 Å². The van der Waals surface area contributed by atoms with Gasteiger partial charge in [0.25, 0.3) is 0 Å². The van der Waals surface area contributed by atoms with E-state index in [2.05, 4.69) is 20.6 Å². The second-order valence-corrected chi connectivity index (χ2v) is 8.53. The van der Waals surface area contributed by atoms with E-state index in [0.717, 1.165) is 11.8 Å². The van der Waals surface area contributed by atoms with Gasteiger partial charge in [-0.2, -0.15) is 4.98 Å². The summed E-state index contributed by atoms with van der Waals surface area (Å²) in [6.07, 6.45) is 0.672. The molecule has 1 aromatic heterocycles. The first-order valence-corrected chi connectivity index (χ1v) is 11.1. The van der Waals surface area contributed by atoms with Crippen LogP contribution in [0.15, 0.2) is 48.7 Å². The Balaban J connectivity index is 1.62. The highest BCUT2D eigenvalue weighted by Crippen LogP contribution is 2.27. The van der Waals surface area contributed by atoms with Crippen LogP contribution in [0.2, 0.25) is 5.28 Å². The number of amides is 1. The summed E-state index contributed by atoms with van der Waals surface area (Å²) in [5.74, 6) is -0.101. The van der Waals surface area contributed by atoms with Crippen molar-refractivity contribution in [3.63, 3.8) is 0 Å². The number of halogens is 2. The molecule has 0 aliphatic heterocycles. The molecule has 11 heteroatoms. The van der Waals surface area contributed by atoms with Crippen molar-refractivity contribution in [1.82, 2.24) is 9.97 Å². The number of benzene rings is 2. The van der Waals surface area contributed by atoms with Crippen molar-refractivity contribution < 1.29 is 23.4 Å². The Labute approximate surface area is 207 Å². The summed E-state index contributed by atoms with van der Waals surface area (Å²) in [7, 11) is 1.60. The maximum Gasteiger partial charge on any atom is 0.412 e. The number of nitrogens with one attached hydrogen (secondary N) is 2. The highest BCUT2D eigenvalue weighted by Gasteiger charge is 2.25. The number of nitrogens with two attached hydrogens (primary N) is 1. The van der Waals surface area contributed by atoms with Crippen molar-refractivity contribution in [3.05, 3.63) is 65.3 Å². The van der Waals surface area contributed by atoms with E-state index in [9.17, 15) is 9.18 Å². The fraction of sp³-hybridized carbons (Fsp3) is 0.292. The number of hydrogen-bond acceptors (Lipinski definition) is 8. The van der Waals surface area contributed by atoms with Gasteiger partial charge >= 0.3 is 6.09 Å². The van der Waals surface area contributed by atoms with Gasteiger partial charge in [-0.15, -0.1) is 0 Å². The average Bonchev–Trinajstić information content (AvgIpc) is 2.78. The largest absolute Gasteiger partial charge is 0.491 e. The molecule has 0 spiro atoms. The minimum Gasteiger partial charge on any atom is -0.491 e. The molecule has 0 aliphatic rings. The third kappa shape index (κ3) is 7.97. The number of rotatable bonds is 10. The van der Waals surface area contributed by atoms with E-state index < -0.39 is 17.5 Å². The van der Waals surface area contributed by atoms with Gasteiger partial charge in [-0.25, -0.2) is 14.2 Å². The lowest BCUT2D eigenvalue weighted by Gasteiger charge is -2.26. The van der Waals surface area contributed by atoms with Crippen LogP contribution in [0.5, 0.6) is 5.75 Å². The Morgan fingerprint density at radius 2 is 1.94 bits per heavy atom. The minimum atomic E-state index is -0.875. The molecule has 1 heterocycles. The van der Waals surface area contributed by atoms with E-state index in [1.54, 1.807) is 57.4 Å². The van der Waals surface area contributed by atoms with Crippen molar-refractivity contribution >= 4 is 40.6 Å². The number of ether oxygens (including phenoxy) is 3. The third-order valence-electron chi connectivity index (χ3n) is 4.74. The molecule has 0 saturated heterocycles. The Hall–Kier alpha value is -3.63. The fourth-order valence-electron chi connectivity index (χ4n) is 3.20. The molecule has 3 rings (SSSR count). The van der Waals surface area contributed by atoms with Gasteiger partial charge in [0.1, 0.15) is 18.0 Å². The molecule has 0 radical (unpaired) electrons. The molecule has 186 valence electrons. The van der Waals surface area contributed by atoms with E-state index >= 15 is 0 Å². The van der Waals surface area contributed by atoms with Crippen LogP contribution in [0.4, 0.5) is 32.1 Å². The number of hydrogen-bond donors (Lipinski definition) is 3. The Kier molecular flexibility index (Phi) is 8.67. The SMILES string of the molecule is COCCOc1ccc(N)c(CC(C)(C)OC(=O)Nc2cccc(Nc3nc(Cl)ncc3F)c2)c1. The zero-order valence-electron chi connectivity index (χ0n) is 19.6. The molecule has 1 amide bonds. The first-order chi connectivity index (χ1) is 16.6. The van der Waals surface area contributed by atoms with Crippen LogP contribution in [0.25, 0.3) is 0 Å². The standard InChI is InChI=1S/C24H27ClFN5O4/c1-24(2,13-15-11-18(7-8-20(15)27)34-10-9-33-3)35-23(32)30-17-6-4-5-16(12-17)29-21-19(26)14-28-22(25)31-21/h4-8,11-12,14H,9-10,13,27H2,1-3H3,(H,30,32)(H,28,29,31). The second-order valence-electron chi connectivity index (χ2n) is 8.19. The molecule has 0 saturated carbocycles. The van der Waals surface area contributed by atoms with Gasteiger partial charge in [0, 0.05) is 30.6 Å². The van der Waals surface area contributed by atoms with E-state index in [-0.39, 0.29) is 11.1 Å². The smallest absolute Gasteiger partial charge is 0.412 e. The highest BCUT2D eigenvalue weighted by atomic mass is 35.5. The lowest BCUT2D eigenvalue weighted by Crippen LogP contribution is -2.33. The zero-order chi connectivity index (χ0) is 25.4. The first kappa shape index (κ1) is 26.0. The van der Waals surface area contributed by atoms with Gasteiger partial charge in [-0.05, 0) is 67.4 Å². The Morgan fingerprint density at radius 3 is 2.71 bits per heavy atom. The number of anilines is 4. The highest BCUT2D eigenvalue weighted by molar-refractivity contribution is 6.28. The maximum atomic E-state index is 13.9. The van der Waals surface area contributed by atoms with Gasteiger partial charge in [-0.1, -0.05) is 6.07 Å². The summed E-state index contributed by atoms with van der Waals surface area (Å²) in [5.41, 5.74) is 7.51. The lowest BCUT2D eigenvalue weighted by molar-refractivity contribution is 0.0494. The van der Waals surface area contributed by atoms with Crippen LogP contribution < -0.4 is 21.1 Å². The minimum absolute atomic E-state index is 0.0862. The number of nitrogen functional groups attached to an aromatic ring is 1. The fourth-order valence-corrected chi connectivity index (χ4v) is 3.33. The van der Waals surface area contributed by atoms with Crippen molar-refractivity contribution in [3.8, 4) is 5.75 Å². The van der Waals surface area contributed by atoms with Crippen LogP contribution in [0.1, 0.15) is 19.4 Å². The number of carbonyl (C=O) groups excluding carboxylic acids is 1. The normalized spacial score (nSPS) is 11.1. The van der Waals surface area contributed by atoms with E-state index in [1.807, 2.05) is 6.07 Å². The average molecular weight is 504 g/mol. The van der Waals surface area contributed by atoms with Crippen molar-refractivity contribution in [2.45, 2.75) is 25.9 Å².